The zero-order valence-electron chi connectivity index (χ0n) is 8.45. The molecule has 0 unspecified atom stereocenters. The number of nitrogens with zero attached hydrogens (tertiary/aromatic N) is 1. The van der Waals surface area contributed by atoms with Crippen molar-refractivity contribution in [2.45, 2.75) is 20.4 Å². The number of pyridine rings is 1. The van der Waals surface area contributed by atoms with E-state index in [1.54, 1.807) is 12.3 Å². The highest BCUT2D eigenvalue weighted by Gasteiger charge is 1.93. The van der Waals surface area contributed by atoms with Crippen molar-refractivity contribution >= 4 is 5.78 Å². The Morgan fingerprint density at radius 1 is 1.50 bits per heavy atom. The molecule has 14 heavy (non-hydrogen) atoms. The molecule has 0 atom stereocenters. The molecular formula is C11H14N2O. The standard InChI is InChI=1S/C11H14N2O/c1-9(7-10(2)14)13-8-11-5-3-4-6-12-11/h3-7,13H,8H2,1-2H3. The molecular weight excluding hydrogens is 176 g/mol. The van der Waals surface area contributed by atoms with Crippen molar-refractivity contribution in [2.24, 2.45) is 0 Å². The summed E-state index contributed by atoms with van der Waals surface area (Å²) in [5, 5.41) is 3.11. The van der Waals surface area contributed by atoms with Gasteiger partial charge in [-0.2, -0.15) is 0 Å². The molecule has 0 spiro atoms. The van der Waals surface area contributed by atoms with Crippen LogP contribution < -0.4 is 5.32 Å². The second-order valence-corrected chi connectivity index (χ2v) is 3.11. The van der Waals surface area contributed by atoms with Gasteiger partial charge in [0.1, 0.15) is 0 Å². The van der Waals surface area contributed by atoms with Crippen LogP contribution in [0.4, 0.5) is 0 Å². The maximum absolute atomic E-state index is 10.7. The number of ketones is 1. The summed E-state index contributed by atoms with van der Waals surface area (Å²) in [5.74, 6) is 0.0519. The van der Waals surface area contributed by atoms with Gasteiger partial charge in [0.2, 0.25) is 0 Å². The molecule has 0 amide bonds. The van der Waals surface area contributed by atoms with Gasteiger partial charge in [-0.05, 0) is 32.1 Å². The second kappa shape index (κ2) is 5.17. The second-order valence-electron chi connectivity index (χ2n) is 3.11. The first-order valence-corrected chi connectivity index (χ1v) is 4.51. The quantitative estimate of drug-likeness (QED) is 0.734. The first-order valence-electron chi connectivity index (χ1n) is 4.51. The van der Waals surface area contributed by atoms with Gasteiger partial charge in [-0.3, -0.25) is 9.78 Å². The van der Waals surface area contributed by atoms with Crippen LogP contribution in [0.1, 0.15) is 19.5 Å². The Labute approximate surface area is 83.9 Å². The van der Waals surface area contributed by atoms with E-state index in [1.807, 2.05) is 25.1 Å². The van der Waals surface area contributed by atoms with Crippen LogP contribution in [0.15, 0.2) is 36.2 Å². The number of rotatable bonds is 4. The van der Waals surface area contributed by atoms with Gasteiger partial charge in [0.25, 0.3) is 0 Å². The summed E-state index contributed by atoms with van der Waals surface area (Å²) in [6, 6.07) is 5.75. The van der Waals surface area contributed by atoms with Gasteiger partial charge >= 0.3 is 0 Å². The van der Waals surface area contributed by atoms with E-state index in [-0.39, 0.29) is 5.78 Å². The van der Waals surface area contributed by atoms with Crippen molar-refractivity contribution in [2.75, 3.05) is 0 Å². The predicted molar refractivity (Wildman–Crippen MR) is 55.5 cm³/mol. The zero-order chi connectivity index (χ0) is 10.4. The summed E-state index contributed by atoms with van der Waals surface area (Å²) in [6.45, 7) is 4.05. The monoisotopic (exact) mass is 190 g/mol. The molecule has 1 rings (SSSR count). The lowest BCUT2D eigenvalue weighted by atomic mass is 10.3. The number of allylic oxidation sites excluding steroid dienone is 2. The van der Waals surface area contributed by atoms with Crippen LogP contribution in [-0.2, 0) is 11.3 Å². The predicted octanol–water partition coefficient (Wildman–Crippen LogP) is 1.66. The molecule has 0 saturated carbocycles. The molecule has 0 aliphatic heterocycles. The maximum atomic E-state index is 10.7. The molecule has 1 aromatic rings. The molecule has 1 heterocycles. The Bertz CT molecular complexity index is 330. The first kappa shape index (κ1) is 10.4. The number of carbonyl (C=O) groups excluding carboxylic acids is 1. The van der Waals surface area contributed by atoms with E-state index >= 15 is 0 Å². The van der Waals surface area contributed by atoms with Crippen LogP contribution in [0.5, 0.6) is 0 Å². The minimum atomic E-state index is 0.0519. The summed E-state index contributed by atoms with van der Waals surface area (Å²) < 4.78 is 0. The van der Waals surface area contributed by atoms with E-state index in [0.29, 0.717) is 6.54 Å². The van der Waals surface area contributed by atoms with Gasteiger partial charge in [-0.15, -0.1) is 0 Å². The highest BCUT2D eigenvalue weighted by atomic mass is 16.1. The third kappa shape index (κ3) is 3.85. The van der Waals surface area contributed by atoms with Crippen molar-refractivity contribution in [3.05, 3.63) is 41.9 Å². The van der Waals surface area contributed by atoms with Crippen LogP contribution in [0.3, 0.4) is 0 Å². The van der Waals surface area contributed by atoms with Crippen LogP contribution in [-0.4, -0.2) is 10.8 Å². The topological polar surface area (TPSA) is 42.0 Å². The van der Waals surface area contributed by atoms with Gasteiger partial charge in [0.05, 0.1) is 12.2 Å². The summed E-state index contributed by atoms with van der Waals surface area (Å²) in [4.78, 5) is 14.9. The van der Waals surface area contributed by atoms with Crippen LogP contribution in [0.25, 0.3) is 0 Å². The normalized spacial score (nSPS) is 11.1. The number of nitrogens with one attached hydrogen (secondary N) is 1. The molecule has 0 bridgehead atoms. The fourth-order valence-corrected chi connectivity index (χ4v) is 1.09. The SMILES string of the molecule is CC(=O)C=C(C)NCc1ccccn1. The largest absolute Gasteiger partial charge is 0.383 e. The zero-order valence-corrected chi connectivity index (χ0v) is 8.45. The van der Waals surface area contributed by atoms with Gasteiger partial charge in [-0.25, -0.2) is 0 Å². The van der Waals surface area contributed by atoms with Gasteiger partial charge < -0.3 is 5.32 Å². The molecule has 0 aliphatic carbocycles. The Hall–Kier alpha value is -1.64. The summed E-state index contributed by atoms with van der Waals surface area (Å²) in [7, 11) is 0. The van der Waals surface area contributed by atoms with Crippen molar-refractivity contribution in [1.82, 2.24) is 10.3 Å². The third-order valence-corrected chi connectivity index (χ3v) is 1.69. The van der Waals surface area contributed by atoms with Crippen LogP contribution in [0.2, 0.25) is 0 Å². The lowest BCUT2D eigenvalue weighted by Crippen LogP contribution is -2.12. The fourth-order valence-electron chi connectivity index (χ4n) is 1.09. The summed E-state index contributed by atoms with van der Waals surface area (Å²) >= 11 is 0. The molecule has 0 saturated heterocycles. The summed E-state index contributed by atoms with van der Waals surface area (Å²) in [6.07, 6.45) is 3.32. The minimum absolute atomic E-state index is 0.0519. The molecule has 0 radical (unpaired) electrons. The first-order chi connectivity index (χ1) is 6.68. The average molecular weight is 190 g/mol. The Balaban J connectivity index is 2.45. The maximum Gasteiger partial charge on any atom is 0.154 e. The molecule has 0 aliphatic rings. The molecule has 1 N–H and O–H groups in total. The molecule has 74 valence electrons. The van der Waals surface area contributed by atoms with E-state index in [1.165, 1.54) is 6.92 Å². The smallest absolute Gasteiger partial charge is 0.154 e. The number of aromatic nitrogens is 1. The fraction of sp³-hybridized carbons (Fsp3) is 0.273. The molecule has 3 nitrogen and oxygen atoms in total. The Morgan fingerprint density at radius 3 is 2.86 bits per heavy atom. The Morgan fingerprint density at radius 2 is 2.29 bits per heavy atom. The van der Waals surface area contributed by atoms with E-state index < -0.39 is 0 Å². The highest BCUT2D eigenvalue weighted by Crippen LogP contribution is 1.95. The highest BCUT2D eigenvalue weighted by molar-refractivity contribution is 5.87. The molecule has 3 heteroatoms. The van der Waals surface area contributed by atoms with Crippen LogP contribution >= 0.6 is 0 Å². The number of hydrogen-bond donors (Lipinski definition) is 1. The lowest BCUT2D eigenvalue weighted by molar-refractivity contribution is -0.112. The van der Waals surface area contributed by atoms with Gasteiger partial charge in [0, 0.05) is 11.9 Å². The van der Waals surface area contributed by atoms with E-state index in [9.17, 15) is 4.79 Å². The summed E-state index contributed by atoms with van der Waals surface area (Å²) in [5.41, 5.74) is 1.83. The van der Waals surface area contributed by atoms with E-state index in [4.69, 9.17) is 0 Å². The molecule has 0 fully saturated rings. The van der Waals surface area contributed by atoms with Crippen molar-refractivity contribution in [3.63, 3.8) is 0 Å². The molecule has 0 aromatic carbocycles. The van der Waals surface area contributed by atoms with E-state index in [2.05, 4.69) is 10.3 Å². The average Bonchev–Trinajstić information content (AvgIpc) is 2.15. The van der Waals surface area contributed by atoms with E-state index in [0.717, 1.165) is 11.4 Å². The van der Waals surface area contributed by atoms with Crippen molar-refractivity contribution in [1.29, 1.82) is 0 Å². The minimum Gasteiger partial charge on any atom is -0.383 e. The number of hydrogen-bond acceptors (Lipinski definition) is 3. The lowest BCUT2D eigenvalue weighted by Gasteiger charge is -2.04. The molecule has 1 aromatic heterocycles. The third-order valence-electron chi connectivity index (χ3n) is 1.69. The van der Waals surface area contributed by atoms with Gasteiger partial charge in [-0.1, -0.05) is 6.07 Å². The number of carbonyl (C=O) groups is 1. The van der Waals surface area contributed by atoms with Crippen LogP contribution in [0, 0.1) is 0 Å². The van der Waals surface area contributed by atoms with Crippen molar-refractivity contribution < 1.29 is 4.79 Å². The van der Waals surface area contributed by atoms with Crippen molar-refractivity contribution in [3.8, 4) is 0 Å². The van der Waals surface area contributed by atoms with Gasteiger partial charge in [0.15, 0.2) is 5.78 Å². The Kier molecular flexibility index (Phi) is 3.85.